The van der Waals surface area contributed by atoms with Crippen LogP contribution < -0.4 is 4.90 Å². The molecule has 1 aliphatic heterocycles. The molecule has 6 nitrogen and oxygen atoms in total. The Morgan fingerprint density at radius 2 is 1.97 bits per heavy atom. The van der Waals surface area contributed by atoms with E-state index in [1.807, 2.05) is 13.8 Å². The van der Waals surface area contributed by atoms with E-state index in [0.29, 0.717) is 32.5 Å². The molecular weight excluding hydrogens is 474 g/mol. The van der Waals surface area contributed by atoms with Gasteiger partial charge in [-0.15, -0.1) is 0 Å². The Bertz CT molecular complexity index is 1240. The monoisotopic (exact) mass is 490 g/mol. The number of benzene rings is 2. The first-order valence-corrected chi connectivity index (χ1v) is 11.4. The van der Waals surface area contributed by atoms with Crippen molar-refractivity contribution in [2.45, 2.75) is 25.5 Å². The number of thioether (sulfide) groups is 1. The van der Waals surface area contributed by atoms with E-state index >= 15 is 0 Å². The lowest BCUT2D eigenvalue weighted by molar-refractivity contribution is -0.113. The van der Waals surface area contributed by atoms with Gasteiger partial charge in [-0.3, -0.25) is 9.69 Å². The summed E-state index contributed by atoms with van der Waals surface area (Å²) in [7, 11) is 0. The van der Waals surface area contributed by atoms with Crippen LogP contribution in [-0.2, 0) is 10.5 Å². The van der Waals surface area contributed by atoms with Crippen molar-refractivity contribution in [3.05, 3.63) is 81.3 Å². The van der Waals surface area contributed by atoms with Gasteiger partial charge in [0, 0.05) is 5.92 Å². The highest BCUT2D eigenvalue weighted by molar-refractivity contribution is 8.13. The first kappa shape index (κ1) is 22.5. The Morgan fingerprint density at radius 3 is 2.66 bits per heavy atom. The molecule has 32 heavy (non-hydrogen) atoms. The summed E-state index contributed by atoms with van der Waals surface area (Å²) in [5, 5.41) is 5.00. The summed E-state index contributed by atoms with van der Waals surface area (Å²) in [4.78, 5) is 23.2. The van der Waals surface area contributed by atoms with Gasteiger partial charge in [0.15, 0.2) is 11.0 Å². The number of amidine groups is 1. The van der Waals surface area contributed by atoms with E-state index in [-0.39, 0.29) is 23.1 Å². The summed E-state index contributed by atoms with van der Waals surface area (Å²) in [6.07, 6.45) is 1.58. The maximum absolute atomic E-state index is 14.5. The Hall–Kier alpha value is -2.68. The molecule has 3 aromatic rings. The maximum atomic E-state index is 14.5. The zero-order valence-electron chi connectivity index (χ0n) is 17.1. The third-order valence-corrected chi connectivity index (χ3v) is 6.16. The zero-order chi connectivity index (χ0) is 22.8. The molecule has 0 aliphatic carbocycles. The van der Waals surface area contributed by atoms with Gasteiger partial charge >= 0.3 is 0 Å². The highest BCUT2D eigenvalue weighted by Gasteiger charge is 2.34. The van der Waals surface area contributed by atoms with Crippen LogP contribution >= 0.6 is 35.0 Å². The van der Waals surface area contributed by atoms with Gasteiger partial charge in [0.2, 0.25) is 5.89 Å². The Labute approximate surface area is 198 Å². The molecule has 4 rings (SSSR count). The Morgan fingerprint density at radius 1 is 1.19 bits per heavy atom. The SMILES string of the molecule is CC(C)c1noc(CSC2=N/C(=C\c3ccc(Cl)c(Cl)c3)C(=O)N2c2ccccc2F)n1. The summed E-state index contributed by atoms with van der Waals surface area (Å²) in [5.74, 6) is 0.387. The lowest BCUT2D eigenvalue weighted by atomic mass is 10.2. The predicted molar refractivity (Wildman–Crippen MR) is 125 cm³/mol. The van der Waals surface area contributed by atoms with Gasteiger partial charge in [0.25, 0.3) is 5.91 Å². The minimum absolute atomic E-state index is 0.106. The summed E-state index contributed by atoms with van der Waals surface area (Å²) < 4.78 is 19.8. The van der Waals surface area contributed by atoms with Crippen molar-refractivity contribution >= 4 is 57.8 Å². The maximum Gasteiger partial charge on any atom is 0.283 e. The molecule has 2 heterocycles. The molecule has 0 N–H and O–H groups in total. The second kappa shape index (κ2) is 9.44. The van der Waals surface area contributed by atoms with E-state index in [0.717, 1.165) is 0 Å². The van der Waals surface area contributed by atoms with Crippen molar-refractivity contribution in [3.63, 3.8) is 0 Å². The minimum Gasteiger partial charge on any atom is -0.338 e. The molecular formula is C22H17Cl2FN4O2S. The minimum atomic E-state index is -0.537. The van der Waals surface area contributed by atoms with Crippen LogP contribution in [0.5, 0.6) is 0 Å². The molecule has 0 unspecified atom stereocenters. The quantitative estimate of drug-likeness (QED) is 0.391. The number of aliphatic imine (C=N–C) groups is 1. The number of nitrogens with zero attached hydrogens (tertiary/aromatic N) is 4. The lowest BCUT2D eigenvalue weighted by Gasteiger charge is -2.17. The normalized spacial score (nSPS) is 15.2. The van der Waals surface area contributed by atoms with Crippen molar-refractivity contribution in [2.24, 2.45) is 4.99 Å². The van der Waals surface area contributed by atoms with E-state index in [9.17, 15) is 9.18 Å². The van der Waals surface area contributed by atoms with Gasteiger partial charge in [-0.25, -0.2) is 9.38 Å². The fraction of sp³-hybridized carbons (Fsp3) is 0.182. The largest absolute Gasteiger partial charge is 0.338 e. The van der Waals surface area contributed by atoms with Gasteiger partial charge in [-0.05, 0) is 35.9 Å². The molecule has 2 aromatic carbocycles. The van der Waals surface area contributed by atoms with Gasteiger partial charge < -0.3 is 4.52 Å². The molecule has 0 spiro atoms. The molecule has 0 radical (unpaired) electrons. The number of rotatable bonds is 5. The van der Waals surface area contributed by atoms with E-state index in [1.54, 1.807) is 36.4 Å². The van der Waals surface area contributed by atoms with Crippen LogP contribution in [0.15, 0.2) is 57.7 Å². The van der Waals surface area contributed by atoms with E-state index in [2.05, 4.69) is 15.1 Å². The van der Waals surface area contributed by atoms with Crippen LogP contribution in [0, 0.1) is 5.82 Å². The average Bonchev–Trinajstić information content (AvgIpc) is 3.35. The second-order valence-corrected chi connectivity index (χ2v) is 8.94. The van der Waals surface area contributed by atoms with E-state index in [4.69, 9.17) is 27.7 Å². The molecule has 0 atom stereocenters. The van der Waals surface area contributed by atoms with Gasteiger partial charge in [-0.2, -0.15) is 4.98 Å². The number of carbonyl (C=O) groups excluding carboxylic acids is 1. The van der Waals surface area contributed by atoms with Crippen LogP contribution in [-0.4, -0.2) is 21.2 Å². The predicted octanol–water partition coefficient (Wildman–Crippen LogP) is 6.32. The lowest BCUT2D eigenvalue weighted by Crippen LogP contribution is -2.31. The summed E-state index contributed by atoms with van der Waals surface area (Å²) in [6, 6.07) is 11.0. The Balaban J connectivity index is 1.67. The van der Waals surface area contributed by atoms with Gasteiger partial charge in [0.1, 0.15) is 11.5 Å². The number of hydrogen-bond acceptors (Lipinski definition) is 6. The summed E-state index contributed by atoms with van der Waals surface area (Å²) >= 11 is 13.3. The number of para-hydroxylation sites is 1. The number of halogens is 3. The van der Waals surface area contributed by atoms with Crippen LogP contribution in [0.4, 0.5) is 10.1 Å². The first-order chi connectivity index (χ1) is 15.3. The van der Waals surface area contributed by atoms with Crippen molar-refractivity contribution in [3.8, 4) is 0 Å². The molecule has 0 fully saturated rings. The fourth-order valence-electron chi connectivity index (χ4n) is 2.89. The highest BCUT2D eigenvalue weighted by Crippen LogP contribution is 2.33. The van der Waals surface area contributed by atoms with Gasteiger partial charge in [0.05, 0.1) is 21.5 Å². The molecule has 164 valence electrons. The average molecular weight is 491 g/mol. The second-order valence-electron chi connectivity index (χ2n) is 7.18. The number of carbonyl (C=O) groups is 1. The third-order valence-electron chi connectivity index (χ3n) is 4.49. The van der Waals surface area contributed by atoms with E-state index in [1.165, 1.54) is 28.8 Å². The van der Waals surface area contributed by atoms with Crippen LogP contribution in [0.3, 0.4) is 0 Å². The fourth-order valence-corrected chi connectivity index (χ4v) is 4.04. The summed E-state index contributed by atoms with van der Waals surface area (Å²) in [5.41, 5.74) is 0.891. The molecule has 0 saturated heterocycles. The number of aromatic nitrogens is 2. The summed E-state index contributed by atoms with van der Waals surface area (Å²) in [6.45, 7) is 3.92. The number of anilines is 1. The number of hydrogen-bond donors (Lipinski definition) is 0. The molecule has 1 aromatic heterocycles. The number of amides is 1. The highest BCUT2D eigenvalue weighted by atomic mass is 35.5. The molecule has 1 amide bonds. The van der Waals surface area contributed by atoms with Crippen LogP contribution in [0.2, 0.25) is 10.0 Å². The zero-order valence-corrected chi connectivity index (χ0v) is 19.4. The van der Waals surface area contributed by atoms with E-state index < -0.39 is 11.7 Å². The van der Waals surface area contributed by atoms with Crippen molar-refractivity contribution in [1.29, 1.82) is 0 Å². The smallest absolute Gasteiger partial charge is 0.283 e. The third kappa shape index (κ3) is 4.72. The molecule has 1 aliphatic rings. The standard InChI is InChI=1S/C22H17Cl2FN4O2S/c1-12(2)20-27-19(31-28-20)11-32-22-26-17(10-13-7-8-14(23)15(24)9-13)21(30)29(22)18-6-4-3-5-16(18)25/h3-10,12H,11H2,1-2H3/b17-10-. The van der Waals surface area contributed by atoms with Crippen molar-refractivity contribution in [2.75, 3.05) is 4.90 Å². The topological polar surface area (TPSA) is 71.6 Å². The Kier molecular flexibility index (Phi) is 6.64. The molecule has 10 heteroatoms. The molecule has 0 saturated carbocycles. The van der Waals surface area contributed by atoms with Gasteiger partial charge in [-0.1, -0.05) is 72.2 Å². The molecule has 0 bridgehead atoms. The first-order valence-electron chi connectivity index (χ1n) is 9.63. The van der Waals surface area contributed by atoms with Crippen molar-refractivity contribution in [1.82, 2.24) is 10.1 Å². The van der Waals surface area contributed by atoms with Crippen molar-refractivity contribution < 1.29 is 13.7 Å². The van der Waals surface area contributed by atoms with Crippen LogP contribution in [0.25, 0.3) is 6.08 Å². The van der Waals surface area contributed by atoms with Crippen LogP contribution in [0.1, 0.15) is 37.0 Å².